The van der Waals surface area contributed by atoms with Gasteiger partial charge in [0.25, 0.3) is 0 Å². The lowest BCUT2D eigenvalue weighted by Crippen LogP contribution is -2.42. The van der Waals surface area contributed by atoms with Crippen molar-refractivity contribution in [2.24, 2.45) is 0 Å². The summed E-state index contributed by atoms with van der Waals surface area (Å²) < 4.78 is 13.1. The standard InChI is InChI=1S/C58H42BNO2/c1-58(2)52-25-11-9-22-46(52)50-35-51(49-24-14-18-42-37-61-59(57(42)49)43-19-7-4-8-20-43)54(36-53(50)58)60(44-30-27-39(28-31-44)38-15-5-3-6-16-38)45-21-13-17-40(33-45)41-29-32-48-47-23-10-12-26-55(47)62-56(48)34-41/h3-36H,37H2,1-2H3. The smallest absolute Gasteiger partial charge is 0.362 e. The molecule has 0 atom stereocenters. The number of furan rings is 1. The van der Waals surface area contributed by atoms with E-state index in [1.165, 1.54) is 55.5 Å². The van der Waals surface area contributed by atoms with Crippen molar-refractivity contribution >= 4 is 56.8 Å². The average molecular weight is 796 g/mol. The molecule has 0 saturated heterocycles. The van der Waals surface area contributed by atoms with Gasteiger partial charge in [0.1, 0.15) is 11.2 Å². The maximum absolute atomic E-state index is 6.67. The van der Waals surface area contributed by atoms with Crippen molar-refractivity contribution in [2.45, 2.75) is 25.9 Å². The van der Waals surface area contributed by atoms with E-state index in [2.05, 4.69) is 213 Å². The summed E-state index contributed by atoms with van der Waals surface area (Å²) in [6, 6.07) is 74.8. The maximum Gasteiger partial charge on any atom is 0.362 e. The van der Waals surface area contributed by atoms with Crippen molar-refractivity contribution in [3.05, 3.63) is 223 Å². The van der Waals surface area contributed by atoms with E-state index in [1.807, 2.05) is 12.1 Å². The van der Waals surface area contributed by atoms with Gasteiger partial charge in [-0.3, -0.25) is 0 Å². The number of nitrogens with zero attached hydrogens (tertiary/aromatic N) is 1. The summed E-state index contributed by atoms with van der Waals surface area (Å²) in [5, 5.41) is 2.26. The molecule has 0 unspecified atom stereocenters. The van der Waals surface area contributed by atoms with E-state index in [4.69, 9.17) is 9.07 Å². The second kappa shape index (κ2) is 14.4. The molecule has 0 N–H and O–H groups in total. The van der Waals surface area contributed by atoms with Gasteiger partial charge >= 0.3 is 6.92 Å². The maximum atomic E-state index is 6.67. The van der Waals surface area contributed by atoms with E-state index < -0.39 is 0 Å². The van der Waals surface area contributed by atoms with Gasteiger partial charge in [0, 0.05) is 33.1 Å². The van der Waals surface area contributed by atoms with Crippen LogP contribution in [0.3, 0.4) is 0 Å². The molecular weight excluding hydrogens is 753 g/mol. The first-order valence-corrected chi connectivity index (χ1v) is 21.5. The van der Waals surface area contributed by atoms with Crippen LogP contribution in [-0.4, -0.2) is 6.92 Å². The molecule has 0 radical (unpaired) electrons. The van der Waals surface area contributed by atoms with Crippen LogP contribution in [0, 0.1) is 0 Å². The number of hydrogen-bond donors (Lipinski definition) is 0. The third-order valence-corrected chi connectivity index (χ3v) is 13.2. The number of fused-ring (bicyclic) bond motifs is 7. The molecule has 0 fully saturated rings. The summed E-state index contributed by atoms with van der Waals surface area (Å²) in [4.78, 5) is 2.47. The van der Waals surface area contributed by atoms with Crippen LogP contribution < -0.4 is 15.8 Å². The van der Waals surface area contributed by atoms with Gasteiger partial charge in [-0.05, 0) is 121 Å². The van der Waals surface area contributed by atoms with E-state index in [9.17, 15) is 0 Å². The first-order valence-electron chi connectivity index (χ1n) is 21.5. The minimum Gasteiger partial charge on any atom is -0.456 e. The predicted molar refractivity (Wildman–Crippen MR) is 259 cm³/mol. The molecule has 62 heavy (non-hydrogen) atoms. The number of benzene rings is 9. The van der Waals surface area contributed by atoms with Crippen LogP contribution in [-0.2, 0) is 16.7 Å². The van der Waals surface area contributed by atoms with Crippen LogP contribution >= 0.6 is 0 Å². The summed E-state index contributed by atoms with van der Waals surface area (Å²) in [6.45, 7) is 5.13. The Labute approximate surface area is 362 Å². The zero-order chi connectivity index (χ0) is 41.4. The molecule has 0 bridgehead atoms. The lowest BCUT2D eigenvalue weighted by atomic mass is 9.54. The van der Waals surface area contributed by atoms with Crippen molar-refractivity contribution < 1.29 is 9.07 Å². The van der Waals surface area contributed by atoms with Gasteiger partial charge in [-0.25, -0.2) is 0 Å². The van der Waals surface area contributed by atoms with Crippen LogP contribution in [0.25, 0.3) is 66.4 Å². The van der Waals surface area contributed by atoms with Crippen molar-refractivity contribution in [2.75, 3.05) is 4.90 Å². The molecule has 12 rings (SSSR count). The summed E-state index contributed by atoms with van der Waals surface area (Å²) in [5.41, 5.74) is 20.7. The van der Waals surface area contributed by atoms with Gasteiger partial charge in [0.2, 0.25) is 0 Å². The van der Waals surface area contributed by atoms with Crippen molar-refractivity contribution in [3.8, 4) is 44.5 Å². The van der Waals surface area contributed by atoms with E-state index >= 15 is 0 Å². The largest absolute Gasteiger partial charge is 0.456 e. The first kappa shape index (κ1) is 36.5. The fourth-order valence-corrected chi connectivity index (χ4v) is 10.2. The number of hydrogen-bond acceptors (Lipinski definition) is 3. The van der Waals surface area contributed by atoms with Crippen molar-refractivity contribution in [3.63, 3.8) is 0 Å². The van der Waals surface area contributed by atoms with E-state index in [-0.39, 0.29) is 12.3 Å². The van der Waals surface area contributed by atoms with E-state index in [1.54, 1.807) is 0 Å². The SMILES string of the molecule is CC1(C)c2ccccc2-c2cc(-c3cccc4c3B(c3ccccc3)OC4)c(N(c3ccc(-c4ccccc4)cc3)c3cccc(-c4ccc5c(c4)oc4ccccc45)c3)cc21. The molecule has 1 aliphatic carbocycles. The van der Waals surface area contributed by atoms with E-state index in [0.717, 1.165) is 55.6 Å². The summed E-state index contributed by atoms with van der Waals surface area (Å²) in [5.74, 6) is 0. The average Bonchev–Trinajstić information content (AvgIpc) is 4.00. The van der Waals surface area contributed by atoms with Crippen molar-refractivity contribution in [1.82, 2.24) is 0 Å². The lowest BCUT2D eigenvalue weighted by molar-refractivity contribution is 0.337. The molecule has 0 spiro atoms. The summed E-state index contributed by atoms with van der Waals surface area (Å²) >= 11 is 0. The van der Waals surface area contributed by atoms with Gasteiger partial charge in [-0.15, -0.1) is 0 Å². The molecule has 10 aromatic rings. The monoisotopic (exact) mass is 795 g/mol. The molecule has 1 aliphatic heterocycles. The van der Waals surface area contributed by atoms with Gasteiger partial charge in [-0.1, -0.05) is 166 Å². The second-order valence-electron chi connectivity index (χ2n) is 17.2. The molecule has 1 aromatic heterocycles. The Bertz CT molecular complexity index is 3330. The Morgan fingerprint density at radius 2 is 1.11 bits per heavy atom. The fourth-order valence-electron chi connectivity index (χ4n) is 10.2. The third-order valence-electron chi connectivity index (χ3n) is 13.2. The lowest BCUT2D eigenvalue weighted by Gasteiger charge is -2.31. The van der Waals surface area contributed by atoms with Crippen LogP contribution in [0.2, 0.25) is 0 Å². The van der Waals surface area contributed by atoms with Crippen molar-refractivity contribution in [1.29, 1.82) is 0 Å². The summed E-state index contributed by atoms with van der Waals surface area (Å²) in [7, 11) is 0. The summed E-state index contributed by atoms with van der Waals surface area (Å²) in [6.07, 6.45) is 0. The Hall–Kier alpha value is -7.40. The van der Waals surface area contributed by atoms with Gasteiger partial charge in [-0.2, -0.15) is 0 Å². The van der Waals surface area contributed by atoms with Crippen LogP contribution in [0.15, 0.2) is 211 Å². The Kier molecular flexibility index (Phi) is 8.45. The van der Waals surface area contributed by atoms with Crippen LogP contribution in [0.5, 0.6) is 0 Å². The number of rotatable bonds is 7. The quantitative estimate of drug-likeness (QED) is 0.150. The number of para-hydroxylation sites is 1. The van der Waals surface area contributed by atoms with Crippen LogP contribution in [0.1, 0.15) is 30.5 Å². The fraction of sp³-hybridized carbons (Fsp3) is 0.0690. The molecule has 0 saturated carbocycles. The highest BCUT2D eigenvalue weighted by molar-refractivity contribution is 6.82. The predicted octanol–water partition coefficient (Wildman–Crippen LogP) is 14.0. The zero-order valence-corrected chi connectivity index (χ0v) is 34.7. The highest BCUT2D eigenvalue weighted by Gasteiger charge is 2.39. The van der Waals surface area contributed by atoms with E-state index in [0.29, 0.717) is 6.61 Å². The number of anilines is 3. The topological polar surface area (TPSA) is 25.6 Å². The van der Waals surface area contributed by atoms with Gasteiger partial charge in [0.15, 0.2) is 0 Å². The molecular formula is C58H42BNO2. The minimum atomic E-state index is -0.208. The highest BCUT2D eigenvalue weighted by atomic mass is 16.4. The molecule has 9 aromatic carbocycles. The highest BCUT2D eigenvalue weighted by Crippen LogP contribution is 2.54. The molecule has 2 heterocycles. The van der Waals surface area contributed by atoms with Gasteiger partial charge in [0.05, 0.1) is 12.3 Å². The van der Waals surface area contributed by atoms with Gasteiger partial charge < -0.3 is 14.0 Å². The minimum absolute atomic E-state index is 0.178. The Balaban J connectivity index is 1.10. The third kappa shape index (κ3) is 5.86. The Morgan fingerprint density at radius 3 is 1.97 bits per heavy atom. The second-order valence-corrected chi connectivity index (χ2v) is 17.2. The normalized spacial score (nSPS) is 13.6. The first-order chi connectivity index (χ1) is 30.5. The zero-order valence-electron chi connectivity index (χ0n) is 34.7. The molecule has 3 nitrogen and oxygen atoms in total. The van der Waals surface area contributed by atoms with Crippen LogP contribution in [0.4, 0.5) is 17.1 Å². The molecule has 0 amide bonds. The Morgan fingerprint density at radius 1 is 0.452 bits per heavy atom. The molecule has 4 heteroatoms. The molecule has 2 aliphatic rings. The molecule has 294 valence electrons.